The van der Waals surface area contributed by atoms with Crippen LogP contribution in [0.15, 0.2) is 54.4 Å². The summed E-state index contributed by atoms with van der Waals surface area (Å²) in [5, 5.41) is 24.5. The standard InChI is InChI=1S/C32H33F2N5O3S.2C2H6.CH2O2/c1-2-28(40)39-11-8-24(18-39)36-10-12-41-13-14-42-27-16-23(33)5-6-25(27)31-32-29(26(34)19-43-32)30(37-38-31)21-3-4-22-17-35-9-7-20(22)15-21;2*1-2;2-1-3/h2-6,15-16,19,24,35-36H,1,7-14,17-18H2;2*1-2H3;1H,(H,2,3). The van der Waals surface area contributed by atoms with Gasteiger partial charge in [-0.15, -0.1) is 21.5 Å². The summed E-state index contributed by atoms with van der Waals surface area (Å²) in [7, 11) is 0. The highest BCUT2D eigenvalue weighted by Crippen LogP contribution is 2.41. The smallest absolute Gasteiger partial charge is 0.290 e. The molecule has 1 saturated heterocycles. The average Bonchev–Trinajstić information content (AvgIpc) is 3.80. The number of aromatic nitrogens is 2. The number of ether oxygens (including phenoxy) is 2. The first-order valence-electron chi connectivity index (χ1n) is 16.9. The molecule has 1 amide bonds. The number of fused-ring (bicyclic) bond motifs is 2. The summed E-state index contributed by atoms with van der Waals surface area (Å²) in [6.07, 6.45) is 3.13. The number of thiophene rings is 1. The lowest BCUT2D eigenvalue weighted by Crippen LogP contribution is -2.36. The highest BCUT2D eigenvalue weighted by molar-refractivity contribution is 7.17. The van der Waals surface area contributed by atoms with Gasteiger partial charge in [-0.3, -0.25) is 9.59 Å². The van der Waals surface area contributed by atoms with Crippen LogP contribution in [0.5, 0.6) is 5.75 Å². The Morgan fingerprint density at radius 3 is 2.62 bits per heavy atom. The van der Waals surface area contributed by atoms with Crippen molar-refractivity contribution >= 4 is 33.8 Å². The average molecular weight is 712 g/mol. The van der Waals surface area contributed by atoms with Crippen LogP contribution in [0.1, 0.15) is 45.2 Å². The van der Waals surface area contributed by atoms with Crippen LogP contribution >= 0.6 is 11.3 Å². The molecule has 270 valence electrons. The zero-order valence-corrected chi connectivity index (χ0v) is 30.0. The molecular weight excluding hydrogens is 665 g/mol. The van der Waals surface area contributed by atoms with Gasteiger partial charge in [-0.2, -0.15) is 0 Å². The minimum atomic E-state index is -0.453. The molecule has 2 aliphatic rings. The molecule has 0 saturated carbocycles. The Balaban J connectivity index is 0.000000902. The molecule has 0 aliphatic carbocycles. The van der Waals surface area contributed by atoms with Gasteiger partial charge in [0.15, 0.2) is 0 Å². The van der Waals surface area contributed by atoms with Gasteiger partial charge in [-0.1, -0.05) is 46.4 Å². The van der Waals surface area contributed by atoms with E-state index in [0.29, 0.717) is 53.3 Å². The predicted octanol–water partition coefficient (Wildman–Crippen LogP) is 6.47. The maximum absolute atomic E-state index is 15.2. The number of hydrogen-bond donors (Lipinski definition) is 3. The number of amides is 1. The van der Waals surface area contributed by atoms with Crippen LogP contribution in [-0.2, 0) is 27.3 Å². The summed E-state index contributed by atoms with van der Waals surface area (Å²) in [4.78, 5) is 21.9. The van der Waals surface area contributed by atoms with Crippen molar-refractivity contribution in [3.05, 3.63) is 77.2 Å². The van der Waals surface area contributed by atoms with Gasteiger partial charge in [0, 0.05) is 54.8 Å². The van der Waals surface area contributed by atoms with Crippen molar-refractivity contribution in [2.75, 3.05) is 46.0 Å². The van der Waals surface area contributed by atoms with Crippen molar-refractivity contribution in [3.8, 4) is 28.3 Å². The Labute approximate surface area is 296 Å². The van der Waals surface area contributed by atoms with Crippen LogP contribution in [-0.4, -0.2) is 84.6 Å². The summed E-state index contributed by atoms with van der Waals surface area (Å²) < 4.78 is 41.8. The van der Waals surface area contributed by atoms with Crippen LogP contribution in [0.4, 0.5) is 8.78 Å². The molecule has 4 aromatic rings. The number of carbonyl (C=O) groups is 2. The number of halogens is 2. The lowest BCUT2D eigenvalue weighted by molar-refractivity contribution is -0.125. The van der Waals surface area contributed by atoms with E-state index in [1.165, 1.54) is 46.1 Å². The van der Waals surface area contributed by atoms with Gasteiger partial charge in [0.05, 0.1) is 23.3 Å². The third-order valence-corrected chi connectivity index (χ3v) is 8.81. The first kappa shape index (κ1) is 40.1. The second kappa shape index (κ2) is 21.0. The van der Waals surface area contributed by atoms with Crippen molar-refractivity contribution in [2.45, 2.75) is 53.1 Å². The summed E-state index contributed by atoms with van der Waals surface area (Å²) in [5.74, 6) is -0.576. The number of carboxylic acid groups (broad SMARTS) is 1. The van der Waals surface area contributed by atoms with Crippen LogP contribution < -0.4 is 15.4 Å². The summed E-state index contributed by atoms with van der Waals surface area (Å²) in [6.45, 7) is 16.0. The SMILES string of the molecule is C=CC(=O)N1CCC(NCCOCCOc2cc(F)ccc2-c2nnc(-c3ccc4c(c3)CCNC4)c3c(F)csc23)C1.CC.CC.O=CO. The molecule has 0 spiro atoms. The number of nitrogens with zero attached hydrogens (tertiary/aromatic N) is 3. The Morgan fingerprint density at radius 2 is 1.86 bits per heavy atom. The Hall–Kier alpha value is -4.30. The molecule has 2 aliphatic heterocycles. The fraction of sp³-hybridized carbons (Fsp3) is 0.405. The highest BCUT2D eigenvalue weighted by Gasteiger charge is 2.24. The van der Waals surface area contributed by atoms with E-state index in [9.17, 15) is 9.18 Å². The second-order valence-electron chi connectivity index (χ2n) is 10.7. The lowest BCUT2D eigenvalue weighted by Gasteiger charge is -2.18. The van der Waals surface area contributed by atoms with Gasteiger partial charge in [0.2, 0.25) is 5.91 Å². The van der Waals surface area contributed by atoms with Gasteiger partial charge in [-0.05, 0) is 54.8 Å². The van der Waals surface area contributed by atoms with Crippen molar-refractivity contribution in [1.82, 2.24) is 25.7 Å². The van der Waals surface area contributed by atoms with Gasteiger partial charge in [0.25, 0.3) is 6.47 Å². The van der Waals surface area contributed by atoms with Crippen LogP contribution in [0, 0.1) is 11.6 Å². The topological polar surface area (TPSA) is 126 Å². The zero-order valence-electron chi connectivity index (χ0n) is 29.1. The molecule has 1 fully saturated rings. The minimum absolute atomic E-state index is 0.0475. The fourth-order valence-corrected chi connectivity index (χ4v) is 6.56. The van der Waals surface area contributed by atoms with E-state index in [2.05, 4.69) is 39.5 Å². The number of likely N-dealkylation sites (tertiary alicyclic amines) is 1. The van der Waals surface area contributed by atoms with E-state index in [0.717, 1.165) is 38.0 Å². The quantitative estimate of drug-likeness (QED) is 0.0912. The lowest BCUT2D eigenvalue weighted by atomic mass is 9.96. The minimum Gasteiger partial charge on any atom is -0.490 e. The van der Waals surface area contributed by atoms with Crippen molar-refractivity contribution in [2.24, 2.45) is 0 Å². The number of hydrogen-bond acceptors (Lipinski definition) is 9. The van der Waals surface area contributed by atoms with Crippen molar-refractivity contribution in [3.63, 3.8) is 0 Å². The number of nitrogens with one attached hydrogen (secondary N) is 2. The molecule has 2 aromatic heterocycles. The monoisotopic (exact) mass is 711 g/mol. The largest absolute Gasteiger partial charge is 0.490 e. The maximum Gasteiger partial charge on any atom is 0.290 e. The number of benzene rings is 2. The third kappa shape index (κ3) is 10.4. The van der Waals surface area contributed by atoms with Gasteiger partial charge in [-0.25, -0.2) is 8.78 Å². The summed E-state index contributed by atoms with van der Waals surface area (Å²) in [5.41, 5.74) is 4.74. The van der Waals surface area contributed by atoms with Crippen LogP contribution in [0.3, 0.4) is 0 Å². The van der Waals surface area contributed by atoms with E-state index in [4.69, 9.17) is 19.4 Å². The van der Waals surface area contributed by atoms with E-state index in [-0.39, 0.29) is 36.6 Å². The molecule has 1 atom stereocenters. The Kier molecular flexibility index (Phi) is 16.9. The zero-order chi connectivity index (χ0) is 36.5. The molecule has 13 heteroatoms. The first-order chi connectivity index (χ1) is 24.4. The number of rotatable bonds is 11. The Morgan fingerprint density at radius 1 is 1.10 bits per heavy atom. The molecule has 4 heterocycles. The van der Waals surface area contributed by atoms with E-state index in [1.54, 1.807) is 11.0 Å². The van der Waals surface area contributed by atoms with Crippen molar-refractivity contribution < 1.29 is 33.0 Å². The fourth-order valence-electron chi connectivity index (χ4n) is 5.65. The highest BCUT2D eigenvalue weighted by atomic mass is 32.1. The van der Waals surface area contributed by atoms with E-state index in [1.807, 2.05) is 33.8 Å². The Bertz CT molecular complexity index is 1700. The number of carbonyl (C=O) groups excluding carboxylic acids is 1. The van der Waals surface area contributed by atoms with Gasteiger partial charge in [0.1, 0.15) is 35.4 Å². The summed E-state index contributed by atoms with van der Waals surface area (Å²) >= 11 is 1.24. The molecule has 0 bridgehead atoms. The van der Waals surface area contributed by atoms with Crippen LogP contribution in [0.2, 0.25) is 0 Å². The molecule has 1 unspecified atom stereocenters. The first-order valence-corrected chi connectivity index (χ1v) is 17.8. The van der Waals surface area contributed by atoms with Gasteiger partial charge >= 0.3 is 0 Å². The molecule has 50 heavy (non-hydrogen) atoms. The molecule has 10 nitrogen and oxygen atoms in total. The molecule has 3 N–H and O–H groups in total. The predicted molar refractivity (Wildman–Crippen MR) is 195 cm³/mol. The molecular formula is C37H47F2N5O5S. The molecule has 0 radical (unpaired) electrons. The molecule has 2 aromatic carbocycles. The van der Waals surface area contributed by atoms with E-state index < -0.39 is 5.82 Å². The third-order valence-electron chi connectivity index (χ3n) is 7.85. The molecule has 6 rings (SSSR count). The van der Waals surface area contributed by atoms with Crippen molar-refractivity contribution in [1.29, 1.82) is 0 Å². The van der Waals surface area contributed by atoms with E-state index >= 15 is 4.39 Å². The van der Waals surface area contributed by atoms with Crippen LogP contribution in [0.25, 0.3) is 32.6 Å². The second-order valence-corrected chi connectivity index (χ2v) is 11.6. The maximum atomic E-state index is 15.2. The van der Waals surface area contributed by atoms with Gasteiger partial charge < -0.3 is 30.1 Å². The summed E-state index contributed by atoms with van der Waals surface area (Å²) in [6, 6.07) is 10.5. The normalized spacial score (nSPS) is 14.6.